The summed E-state index contributed by atoms with van der Waals surface area (Å²) in [4.78, 5) is 50.3. The van der Waals surface area contributed by atoms with Gasteiger partial charge in [0.15, 0.2) is 11.2 Å². The van der Waals surface area contributed by atoms with E-state index in [1.807, 2.05) is 53.7 Å². The lowest BCUT2D eigenvalue weighted by Crippen LogP contribution is -2.54. The number of cyclic esters (lactones) is 2. The topological polar surface area (TPSA) is 105 Å². The Labute approximate surface area is 285 Å². The Morgan fingerprint density at radius 2 is 1.04 bits per heavy atom. The molecule has 0 aromatic rings. The first-order valence-corrected chi connectivity index (χ1v) is 17.5. The Hall–Kier alpha value is -3.68. The Kier molecular flexibility index (Phi) is 9.89. The first-order chi connectivity index (χ1) is 22.4. The van der Waals surface area contributed by atoms with Crippen LogP contribution in [0, 0.1) is 10.8 Å². The van der Waals surface area contributed by atoms with Crippen LogP contribution in [-0.4, -0.2) is 46.9 Å². The highest BCUT2D eigenvalue weighted by Gasteiger charge is 2.66. The van der Waals surface area contributed by atoms with E-state index in [-0.39, 0.29) is 35.7 Å². The second-order valence-electron chi connectivity index (χ2n) is 15.7. The molecule has 0 unspecified atom stereocenters. The second kappa shape index (κ2) is 13.3. The fourth-order valence-corrected chi connectivity index (χ4v) is 8.12. The molecule has 4 aliphatic heterocycles. The minimum atomic E-state index is -0.959. The van der Waals surface area contributed by atoms with Gasteiger partial charge in [-0.1, -0.05) is 22.3 Å². The molecule has 0 aromatic carbocycles. The number of ether oxygens (including phenoxy) is 4. The number of hydrogen-bond donors (Lipinski definition) is 0. The molecule has 4 atom stereocenters. The fourth-order valence-electron chi connectivity index (χ4n) is 8.12. The molecule has 8 heteroatoms. The minimum absolute atomic E-state index is 0.0563. The number of rotatable bonds is 12. The van der Waals surface area contributed by atoms with Crippen LogP contribution in [0.1, 0.15) is 120 Å². The largest absolute Gasteiger partial charge is 0.483 e. The van der Waals surface area contributed by atoms with Crippen LogP contribution in [0.2, 0.25) is 0 Å². The highest BCUT2D eigenvalue weighted by molar-refractivity contribution is 6.00. The van der Waals surface area contributed by atoms with Crippen LogP contribution in [0.15, 0.2) is 70.3 Å². The molecule has 8 nitrogen and oxygen atoms in total. The molecule has 0 amide bonds. The highest BCUT2D eigenvalue weighted by Crippen LogP contribution is 2.71. The lowest BCUT2D eigenvalue weighted by Gasteiger charge is -2.60. The smallest absolute Gasteiger partial charge is 0.331 e. The van der Waals surface area contributed by atoms with Gasteiger partial charge < -0.3 is 18.9 Å². The Bertz CT molecular complexity index is 1450. The van der Waals surface area contributed by atoms with Gasteiger partial charge in [-0.3, -0.25) is 9.59 Å². The van der Waals surface area contributed by atoms with Crippen molar-refractivity contribution in [2.24, 2.45) is 10.8 Å². The predicted octanol–water partition coefficient (Wildman–Crippen LogP) is 8.03. The van der Waals surface area contributed by atoms with Crippen LogP contribution < -0.4 is 0 Å². The molecule has 0 saturated heterocycles. The standard InChI is InChI=1S/C40H52O8/c1-25(17-29-19-27(3)21-35(43)45-29)11-9-13-39(33-23-31(41)37(5,6)47-33)15-16-40(39,34-24-32(42)38(7,8)48-34)14-10-12-26(2)18-30-20-28(4)22-36(44)46-30/h17-18,21-24,29-30H,9-16,19-20H2,1-8H3/b25-17+,26-18+/t29-,30-,39-,40+/m1/s1. The summed E-state index contributed by atoms with van der Waals surface area (Å²) in [5.74, 6) is 0.666. The normalized spacial score (nSPS) is 31.5. The molecule has 0 spiro atoms. The van der Waals surface area contributed by atoms with Gasteiger partial charge in [-0.25, -0.2) is 9.59 Å². The molecular formula is C40H52O8. The van der Waals surface area contributed by atoms with Crippen molar-refractivity contribution in [1.82, 2.24) is 0 Å². The lowest BCUT2D eigenvalue weighted by atomic mass is 9.44. The van der Waals surface area contributed by atoms with Gasteiger partial charge in [-0.2, -0.15) is 0 Å². The number of esters is 2. The summed E-state index contributed by atoms with van der Waals surface area (Å²) in [5.41, 5.74) is 1.32. The molecule has 0 radical (unpaired) electrons. The van der Waals surface area contributed by atoms with E-state index in [4.69, 9.17) is 18.9 Å². The SMILES string of the molecule is CC1=CC(=O)O[C@H](/C=C(\C)CCC[C@@]2(C3=CC(=O)C(C)(C)O3)CC[C@]2(CCC/C(C)=C/[C@@H]2CC(C)=CC(=O)O2)C2=CC(=O)C(C)(C)O2)C1. The van der Waals surface area contributed by atoms with Crippen molar-refractivity contribution in [2.75, 3.05) is 0 Å². The van der Waals surface area contributed by atoms with Gasteiger partial charge in [-0.15, -0.1) is 0 Å². The summed E-state index contributed by atoms with van der Waals surface area (Å²) in [6.45, 7) is 15.3. The van der Waals surface area contributed by atoms with Gasteiger partial charge in [0, 0.05) is 48.0 Å². The van der Waals surface area contributed by atoms with Gasteiger partial charge in [0.1, 0.15) is 23.7 Å². The van der Waals surface area contributed by atoms with Crippen LogP contribution in [-0.2, 0) is 38.1 Å². The summed E-state index contributed by atoms with van der Waals surface area (Å²) in [7, 11) is 0. The summed E-state index contributed by atoms with van der Waals surface area (Å²) >= 11 is 0. The summed E-state index contributed by atoms with van der Waals surface area (Å²) < 4.78 is 24.1. The Morgan fingerprint density at radius 3 is 1.33 bits per heavy atom. The summed E-state index contributed by atoms with van der Waals surface area (Å²) in [6.07, 6.45) is 17.7. The maximum Gasteiger partial charge on any atom is 0.331 e. The van der Waals surface area contributed by atoms with Crippen LogP contribution in [0.4, 0.5) is 0 Å². The average molecular weight is 661 g/mol. The van der Waals surface area contributed by atoms with Crippen LogP contribution in [0.3, 0.4) is 0 Å². The Morgan fingerprint density at radius 1 is 0.667 bits per heavy atom. The average Bonchev–Trinajstić information content (AvgIpc) is 3.38. The number of allylic oxidation sites excluding steroid dienone is 4. The van der Waals surface area contributed by atoms with Crippen molar-refractivity contribution in [2.45, 2.75) is 143 Å². The molecule has 0 aromatic heterocycles. The van der Waals surface area contributed by atoms with E-state index in [0.29, 0.717) is 24.4 Å². The van der Waals surface area contributed by atoms with E-state index in [2.05, 4.69) is 13.8 Å². The van der Waals surface area contributed by atoms with E-state index in [0.717, 1.165) is 73.7 Å². The molecule has 260 valence electrons. The molecule has 1 fully saturated rings. The minimum Gasteiger partial charge on any atom is -0.483 e. The molecule has 0 bridgehead atoms. The van der Waals surface area contributed by atoms with Crippen molar-refractivity contribution in [3.63, 3.8) is 0 Å². The third-order valence-corrected chi connectivity index (χ3v) is 10.9. The van der Waals surface area contributed by atoms with Gasteiger partial charge in [0.05, 0.1) is 0 Å². The maximum absolute atomic E-state index is 13.2. The van der Waals surface area contributed by atoms with Gasteiger partial charge in [-0.05, 0) is 119 Å². The lowest BCUT2D eigenvalue weighted by molar-refractivity contribution is -0.145. The zero-order valence-electron chi connectivity index (χ0n) is 30.0. The quantitative estimate of drug-likeness (QED) is 0.153. The molecule has 5 aliphatic rings. The fraction of sp³-hybridized carbons (Fsp3) is 0.600. The van der Waals surface area contributed by atoms with Crippen molar-refractivity contribution in [3.8, 4) is 0 Å². The molecule has 48 heavy (non-hydrogen) atoms. The van der Waals surface area contributed by atoms with Crippen LogP contribution in [0.25, 0.3) is 0 Å². The van der Waals surface area contributed by atoms with E-state index < -0.39 is 22.0 Å². The molecule has 5 rings (SSSR count). The highest BCUT2D eigenvalue weighted by atomic mass is 16.5. The third-order valence-electron chi connectivity index (χ3n) is 10.9. The van der Waals surface area contributed by atoms with E-state index in [1.54, 1.807) is 24.3 Å². The van der Waals surface area contributed by atoms with E-state index >= 15 is 0 Å². The Balaban J connectivity index is 1.41. The van der Waals surface area contributed by atoms with Crippen molar-refractivity contribution >= 4 is 23.5 Å². The van der Waals surface area contributed by atoms with E-state index in [9.17, 15) is 19.2 Å². The van der Waals surface area contributed by atoms with Crippen molar-refractivity contribution in [3.05, 3.63) is 70.3 Å². The summed E-state index contributed by atoms with van der Waals surface area (Å²) in [5, 5.41) is 0. The first-order valence-electron chi connectivity index (χ1n) is 17.5. The third kappa shape index (κ3) is 7.18. The number of ketones is 2. The number of hydrogen-bond acceptors (Lipinski definition) is 8. The second-order valence-corrected chi connectivity index (χ2v) is 15.7. The molecular weight excluding hydrogens is 608 g/mol. The number of carbonyl (C=O) groups is 4. The maximum atomic E-state index is 13.2. The number of carbonyl (C=O) groups excluding carboxylic acids is 4. The van der Waals surface area contributed by atoms with Gasteiger partial charge in [0.25, 0.3) is 0 Å². The summed E-state index contributed by atoms with van der Waals surface area (Å²) in [6, 6.07) is 0. The van der Waals surface area contributed by atoms with Crippen LogP contribution in [0.5, 0.6) is 0 Å². The van der Waals surface area contributed by atoms with Crippen LogP contribution >= 0.6 is 0 Å². The monoisotopic (exact) mass is 660 g/mol. The predicted molar refractivity (Wildman–Crippen MR) is 182 cm³/mol. The molecule has 1 aliphatic carbocycles. The van der Waals surface area contributed by atoms with Crippen molar-refractivity contribution in [1.29, 1.82) is 0 Å². The first kappa shape index (κ1) is 35.6. The molecule has 0 N–H and O–H groups in total. The van der Waals surface area contributed by atoms with Crippen molar-refractivity contribution < 1.29 is 38.1 Å². The zero-order valence-corrected chi connectivity index (χ0v) is 30.0. The van der Waals surface area contributed by atoms with Gasteiger partial charge in [0.2, 0.25) is 11.6 Å². The van der Waals surface area contributed by atoms with E-state index in [1.165, 1.54) is 0 Å². The van der Waals surface area contributed by atoms with Gasteiger partial charge >= 0.3 is 11.9 Å². The molecule has 4 heterocycles. The zero-order chi connectivity index (χ0) is 35.1. The molecule has 1 saturated carbocycles.